The van der Waals surface area contributed by atoms with Crippen LogP contribution in [0.25, 0.3) is 0 Å². The third-order valence-electron chi connectivity index (χ3n) is 3.86. The second kappa shape index (κ2) is 7.22. The molecule has 2 aromatic rings. The van der Waals surface area contributed by atoms with Gasteiger partial charge < -0.3 is 10.2 Å². The fourth-order valence-electron chi connectivity index (χ4n) is 2.76. The molecule has 1 aliphatic rings. The summed E-state index contributed by atoms with van der Waals surface area (Å²) in [5.41, 5.74) is 1.01. The SMILES string of the molecule is O=C(CCc1nccs1)N1CCNCC1c1ccccc1Cl. The summed E-state index contributed by atoms with van der Waals surface area (Å²) in [5.74, 6) is 0.168. The fraction of sp³-hybridized carbons (Fsp3) is 0.375. The summed E-state index contributed by atoms with van der Waals surface area (Å²) in [5, 5.41) is 7.02. The van der Waals surface area contributed by atoms with Gasteiger partial charge in [0.2, 0.25) is 5.91 Å². The number of rotatable bonds is 4. The van der Waals surface area contributed by atoms with Crippen LogP contribution in [0.15, 0.2) is 35.8 Å². The van der Waals surface area contributed by atoms with Crippen molar-refractivity contribution in [2.75, 3.05) is 19.6 Å². The van der Waals surface area contributed by atoms with E-state index in [2.05, 4.69) is 10.3 Å². The van der Waals surface area contributed by atoms with Crippen molar-refractivity contribution in [1.82, 2.24) is 15.2 Å². The first-order valence-electron chi connectivity index (χ1n) is 7.38. The van der Waals surface area contributed by atoms with Gasteiger partial charge in [-0.05, 0) is 11.6 Å². The van der Waals surface area contributed by atoms with Crippen molar-refractivity contribution in [3.63, 3.8) is 0 Å². The molecule has 1 aromatic carbocycles. The maximum Gasteiger partial charge on any atom is 0.223 e. The molecular formula is C16H18ClN3OS. The van der Waals surface area contributed by atoms with Crippen molar-refractivity contribution in [1.29, 1.82) is 0 Å². The zero-order valence-corrected chi connectivity index (χ0v) is 13.7. The summed E-state index contributed by atoms with van der Waals surface area (Å²) >= 11 is 7.91. The Balaban J connectivity index is 1.72. The van der Waals surface area contributed by atoms with Crippen LogP contribution in [-0.2, 0) is 11.2 Å². The predicted molar refractivity (Wildman–Crippen MR) is 89.2 cm³/mol. The number of halogens is 1. The number of piperazine rings is 1. The van der Waals surface area contributed by atoms with Gasteiger partial charge >= 0.3 is 0 Å². The van der Waals surface area contributed by atoms with Crippen molar-refractivity contribution in [2.24, 2.45) is 0 Å². The van der Waals surface area contributed by atoms with Gasteiger partial charge in [-0.2, -0.15) is 0 Å². The standard InChI is InChI=1S/C16H18ClN3OS/c17-13-4-2-1-3-12(13)14-11-18-7-9-20(14)16(21)6-5-15-19-8-10-22-15/h1-4,8,10,14,18H,5-7,9,11H2. The van der Waals surface area contributed by atoms with Gasteiger partial charge in [-0.3, -0.25) is 4.79 Å². The molecule has 116 valence electrons. The minimum absolute atomic E-state index is 0.00578. The Kier molecular flexibility index (Phi) is 5.08. The summed E-state index contributed by atoms with van der Waals surface area (Å²) in [6, 6.07) is 7.77. The van der Waals surface area contributed by atoms with Gasteiger partial charge in [-0.15, -0.1) is 11.3 Å². The number of hydrogen-bond donors (Lipinski definition) is 1. The van der Waals surface area contributed by atoms with Gasteiger partial charge in [0, 0.05) is 49.1 Å². The van der Waals surface area contributed by atoms with Gasteiger partial charge in [0.25, 0.3) is 0 Å². The van der Waals surface area contributed by atoms with Crippen LogP contribution >= 0.6 is 22.9 Å². The lowest BCUT2D eigenvalue weighted by molar-refractivity contribution is -0.134. The summed E-state index contributed by atoms with van der Waals surface area (Å²) < 4.78 is 0. The molecular weight excluding hydrogens is 318 g/mol. The lowest BCUT2D eigenvalue weighted by Gasteiger charge is -2.37. The van der Waals surface area contributed by atoms with Gasteiger partial charge in [-0.1, -0.05) is 29.8 Å². The van der Waals surface area contributed by atoms with Crippen LogP contribution in [0, 0.1) is 0 Å². The molecule has 0 bridgehead atoms. The minimum Gasteiger partial charge on any atom is -0.333 e. The van der Waals surface area contributed by atoms with E-state index in [-0.39, 0.29) is 11.9 Å². The Bertz CT molecular complexity index is 632. The Morgan fingerprint density at radius 3 is 3.09 bits per heavy atom. The van der Waals surface area contributed by atoms with Gasteiger partial charge in [-0.25, -0.2) is 4.98 Å². The molecule has 1 fully saturated rings. The second-order valence-corrected chi connectivity index (χ2v) is 6.64. The van der Waals surface area contributed by atoms with Crippen molar-refractivity contribution in [3.05, 3.63) is 51.4 Å². The number of thiazole rings is 1. The molecule has 0 saturated carbocycles. The lowest BCUT2D eigenvalue weighted by Crippen LogP contribution is -2.48. The van der Waals surface area contributed by atoms with E-state index in [9.17, 15) is 4.79 Å². The highest BCUT2D eigenvalue weighted by Crippen LogP contribution is 2.29. The second-order valence-electron chi connectivity index (χ2n) is 5.25. The van der Waals surface area contributed by atoms with Gasteiger partial charge in [0.15, 0.2) is 0 Å². The van der Waals surface area contributed by atoms with E-state index >= 15 is 0 Å². The molecule has 4 nitrogen and oxygen atoms in total. The van der Waals surface area contributed by atoms with Crippen LogP contribution < -0.4 is 5.32 Å². The van der Waals surface area contributed by atoms with E-state index < -0.39 is 0 Å². The van der Waals surface area contributed by atoms with Gasteiger partial charge in [0.05, 0.1) is 11.0 Å². The molecule has 3 rings (SSSR count). The minimum atomic E-state index is 0.00578. The maximum atomic E-state index is 12.6. The van der Waals surface area contributed by atoms with Crippen molar-refractivity contribution in [3.8, 4) is 0 Å². The molecule has 1 saturated heterocycles. The number of nitrogens with one attached hydrogen (secondary N) is 1. The number of carbonyl (C=O) groups excluding carboxylic acids is 1. The van der Waals surface area contributed by atoms with Crippen molar-refractivity contribution < 1.29 is 4.79 Å². The number of hydrogen-bond acceptors (Lipinski definition) is 4. The Morgan fingerprint density at radius 1 is 1.45 bits per heavy atom. The number of carbonyl (C=O) groups is 1. The Hall–Kier alpha value is -1.43. The van der Waals surface area contributed by atoms with Crippen LogP contribution in [0.1, 0.15) is 23.0 Å². The summed E-state index contributed by atoms with van der Waals surface area (Å²) in [7, 11) is 0. The van der Waals surface area contributed by atoms with E-state index in [1.54, 1.807) is 17.5 Å². The smallest absolute Gasteiger partial charge is 0.223 e. The zero-order valence-electron chi connectivity index (χ0n) is 12.2. The molecule has 1 aromatic heterocycles. The first kappa shape index (κ1) is 15.5. The third-order valence-corrected chi connectivity index (χ3v) is 5.05. The molecule has 6 heteroatoms. The maximum absolute atomic E-state index is 12.6. The highest BCUT2D eigenvalue weighted by molar-refractivity contribution is 7.09. The highest BCUT2D eigenvalue weighted by atomic mass is 35.5. The molecule has 0 radical (unpaired) electrons. The lowest BCUT2D eigenvalue weighted by atomic mass is 10.0. The largest absolute Gasteiger partial charge is 0.333 e. The number of benzene rings is 1. The van der Waals surface area contributed by atoms with Crippen LogP contribution in [-0.4, -0.2) is 35.4 Å². The molecule has 1 amide bonds. The summed E-state index contributed by atoms with van der Waals surface area (Å²) in [4.78, 5) is 18.8. The molecule has 1 N–H and O–H groups in total. The average Bonchev–Trinajstić information content (AvgIpc) is 3.06. The van der Waals surface area contributed by atoms with E-state index in [4.69, 9.17) is 11.6 Å². The molecule has 0 spiro atoms. The molecule has 1 aliphatic heterocycles. The van der Waals surface area contributed by atoms with Crippen molar-refractivity contribution >= 4 is 28.8 Å². The first-order chi connectivity index (χ1) is 10.8. The molecule has 1 unspecified atom stereocenters. The molecule has 22 heavy (non-hydrogen) atoms. The van der Waals surface area contributed by atoms with E-state index in [0.717, 1.165) is 23.7 Å². The fourth-order valence-corrected chi connectivity index (χ4v) is 3.64. The molecule has 1 atom stereocenters. The molecule has 2 heterocycles. The quantitative estimate of drug-likeness (QED) is 0.934. The predicted octanol–water partition coefficient (Wildman–Crippen LogP) is 2.90. The van der Waals surface area contributed by atoms with Crippen LogP contribution in [0.2, 0.25) is 5.02 Å². The zero-order chi connectivity index (χ0) is 15.4. The highest BCUT2D eigenvalue weighted by Gasteiger charge is 2.28. The number of aryl methyl sites for hydroxylation is 1. The third kappa shape index (κ3) is 3.48. The van der Waals surface area contributed by atoms with E-state index in [1.165, 1.54) is 0 Å². The topological polar surface area (TPSA) is 45.2 Å². The van der Waals surface area contributed by atoms with Crippen molar-refractivity contribution in [2.45, 2.75) is 18.9 Å². The number of amides is 1. The summed E-state index contributed by atoms with van der Waals surface area (Å²) in [6.07, 6.45) is 2.98. The number of aromatic nitrogens is 1. The first-order valence-corrected chi connectivity index (χ1v) is 8.64. The number of nitrogens with zero attached hydrogens (tertiary/aromatic N) is 2. The Labute approximate surface area is 139 Å². The van der Waals surface area contributed by atoms with Crippen LogP contribution in [0.5, 0.6) is 0 Å². The normalized spacial score (nSPS) is 18.4. The average molecular weight is 336 g/mol. The van der Waals surface area contributed by atoms with Crippen LogP contribution in [0.4, 0.5) is 0 Å². The van der Waals surface area contributed by atoms with E-state index in [0.29, 0.717) is 24.4 Å². The summed E-state index contributed by atoms with van der Waals surface area (Å²) in [6.45, 7) is 2.28. The van der Waals surface area contributed by atoms with E-state index in [1.807, 2.05) is 34.5 Å². The molecule has 0 aliphatic carbocycles. The monoisotopic (exact) mass is 335 g/mol. The van der Waals surface area contributed by atoms with Crippen LogP contribution in [0.3, 0.4) is 0 Å². The van der Waals surface area contributed by atoms with Gasteiger partial charge in [0.1, 0.15) is 0 Å². The Morgan fingerprint density at radius 2 is 2.32 bits per heavy atom.